The number of hydrogen-bond acceptors (Lipinski definition) is 6. The summed E-state index contributed by atoms with van der Waals surface area (Å²) in [5.41, 5.74) is 2.33. The lowest BCUT2D eigenvalue weighted by molar-refractivity contribution is -0.508. The van der Waals surface area contributed by atoms with Gasteiger partial charge in [-0.05, 0) is 42.5 Å². The fourth-order valence-corrected chi connectivity index (χ4v) is 2.06. The third kappa shape index (κ3) is 4.74. The van der Waals surface area contributed by atoms with Gasteiger partial charge in [0.15, 0.2) is 0 Å². The Morgan fingerprint density at radius 3 is 2.70 bits per heavy atom. The molecule has 0 saturated heterocycles. The minimum Gasteiger partial charge on any atom is -0.374 e. The molecule has 0 heterocycles. The van der Waals surface area contributed by atoms with Crippen LogP contribution in [-0.4, -0.2) is 24.6 Å². The van der Waals surface area contributed by atoms with Crippen LogP contribution in [0.25, 0.3) is 0 Å². The number of azo groups is 1. The van der Waals surface area contributed by atoms with Crippen molar-refractivity contribution in [1.29, 1.82) is 5.26 Å². The van der Waals surface area contributed by atoms with Crippen molar-refractivity contribution in [3.8, 4) is 6.07 Å². The number of nitrogens with zero attached hydrogens (tertiary/aromatic N) is 5. The zero-order valence-electron chi connectivity index (χ0n) is 12.8. The Balaban J connectivity index is 1.95. The molecule has 0 amide bonds. The van der Waals surface area contributed by atoms with Gasteiger partial charge in [0.2, 0.25) is 6.04 Å². The van der Waals surface area contributed by atoms with Crippen LogP contribution in [0.4, 0.5) is 11.4 Å². The Bertz CT molecular complexity index is 685. The average molecular weight is 311 g/mol. The molecule has 0 radical (unpaired) electrons. The summed E-state index contributed by atoms with van der Waals surface area (Å²) >= 11 is 0. The van der Waals surface area contributed by atoms with Gasteiger partial charge in [0.25, 0.3) is 0 Å². The highest BCUT2D eigenvalue weighted by Crippen LogP contribution is 2.21. The van der Waals surface area contributed by atoms with Crippen LogP contribution in [-0.2, 0) is 0 Å². The maximum Gasteiger partial charge on any atom is 0.235 e. The van der Waals surface area contributed by atoms with E-state index in [9.17, 15) is 10.1 Å². The first-order valence-corrected chi connectivity index (χ1v) is 7.22. The molecule has 0 aromatic heterocycles. The molecule has 1 unspecified atom stereocenters. The molecule has 2 rings (SSSR count). The molecule has 0 bridgehead atoms. The number of allylic oxidation sites excluding steroid dienone is 1. The van der Waals surface area contributed by atoms with Gasteiger partial charge in [-0.15, -0.1) is 0 Å². The summed E-state index contributed by atoms with van der Waals surface area (Å²) in [5.74, 6) is 0. The summed E-state index contributed by atoms with van der Waals surface area (Å²) in [6.07, 6.45) is 5.66. The van der Waals surface area contributed by atoms with Crippen LogP contribution in [0.15, 0.2) is 58.4 Å². The van der Waals surface area contributed by atoms with Crippen LogP contribution in [0, 0.1) is 21.4 Å². The number of anilines is 1. The normalized spacial score (nSPS) is 16.9. The summed E-state index contributed by atoms with van der Waals surface area (Å²) < 4.78 is 0. The quantitative estimate of drug-likeness (QED) is 0.455. The lowest BCUT2D eigenvalue weighted by atomic mass is 10.1. The first-order chi connectivity index (χ1) is 11.1. The number of rotatable bonds is 6. The smallest absolute Gasteiger partial charge is 0.235 e. The van der Waals surface area contributed by atoms with Crippen molar-refractivity contribution >= 4 is 11.4 Å². The molecule has 7 heteroatoms. The van der Waals surface area contributed by atoms with E-state index >= 15 is 0 Å². The zero-order chi connectivity index (χ0) is 16.7. The van der Waals surface area contributed by atoms with Crippen molar-refractivity contribution in [2.75, 3.05) is 18.5 Å². The van der Waals surface area contributed by atoms with Gasteiger partial charge < -0.3 is 4.90 Å². The highest BCUT2D eigenvalue weighted by Gasteiger charge is 2.17. The Morgan fingerprint density at radius 2 is 2.13 bits per heavy atom. The van der Waals surface area contributed by atoms with E-state index in [1.54, 1.807) is 12.2 Å². The second kappa shape index (κ2) is 7.84. The first-order valence-electron chi connectivity index (χ1n) is 7.22. The molecule has 0 spiro atoms. The van der Waals surface area contributed by atoms with E-state index < -0.39 is 6.04 Å². The van der Waals surface area contributed by atoms with Gasteiger partial charge >= 0.3 is 0 Å². The fraction of sp³-hybridized carbons (Fsp3) is 0.312. The fourth-order valence-electron chi connectivity index (χ4n) is 2.06. The highest BCUT2D eigenvalue weighted by atomic mass is 16.6. The Kier molecular flexibility index (Phi) is 5.58. The highest BCUT2D eigenvalue weighted by molar-refractivity contribution is 5.52. The molecule has 0 fully saturated rings. The molecule has 1 aliphatic carbocycles. The number of nitriles is 1. The topological polar surface area (TPSA) is 94.9 Å². The lowest BCUT2D eigenvalue weighted by Gasteiger charge is -2.17. The molecular weight excluding hydrogens is 294 g/mol. The summed E-state index contributed by atoms with van der Waals surface area (Å²) in [6.45, 7) is 0.673. The standard InChI is InChI=1S/C16H17N5O2/c1-20(12-2-11-17)15-7-3-13(4-8-15)18-19-14-5-9-16(10-6-14)21(22)23/h3-9,16H,2,10,12H2,1H3. The molecule has 118 valence electrons. The third-order valence-corrected chi connectivity index (χ3v) is 3.46. The van der Waals surface area contributed by atoms with Gasteiger partial charge in [0, 0.05) is 30.6 Å². The van der Waals surface area contributed by atoms with Gasteiger partial charge in [-0.3, -0.25) is 10.1 Å². The van der Waals surface area contributed by atoms with Crippen molar-refractivity contribution in [3.63, 3.8) is 0 Å². The molecule has 7 nitrogen and oxygen atoms in total. The lowest BCUT2D eigenvalue weighted by Crippen LogP contribution is -2.17. The molecule has 0 aliphatic heterocycles. The molecule has 0 saturated carbocycles. The van der Waals surface area contributed by atoms with E-state index in [1.165, 1.54) is 6.08 Å². The van der Waals surface area contributed by atoms with Crippen molar-refractivity contribution in [3.05, 3.63) is 58.3 Å². The summed E-state index contributed by atoms with van der Waals surface area (Å²) in [4.78, 5) is 12.3. The minimum atomic E-state index is -0.669. The van der Waals surface area contributed by atoms with Crippen LogP contribution in [0.3, 0.4) is 0 Å². The Morgan fingerprint density at radius 1 is 1.39 bits per heavy atom. The number of nitro groups is 1. The molecule has 1 aliphatic rings. The van der Waals surface area contributed by atoms with Gasteiger partial charge in [-0.2, -0.15) is 15.5 Å². The maximum absolute atomic E-state index is 10.6. The van der Waals surface area contributed by atoms with E-state index in [-0.39, 0.29) is 4.92 Å². The van der Waals surface area contributed by atoms with Crippen LogP contribution >= 0.6 is 0 Å². The van der Waals surface area contributed by atoms with E-state index in [0.717, 1.165) is 5.69 Å². The molecule has 1 atom stereocenters. The van der Waals surface area contributed by atoms with E-state index in [0.29, 0.717) is 30.8 Å². The molecule has 23 heavy (non-hydrogen) atoms. The average Bonchev–Trinajstić information content (AvgIpc) is 2.58. The summed E-state index contributed by atoms with van der Waals surface area (Å²) in [5, 5.41) is 27.5. The SMILES string of the molecule is CN(CCC#N)c1ccc(N=NC2=CCC([N+](=O)[O-])C=C2)cc1. The molecule has 0 N–H and O–H groups in total. The van der Waals surface area contributed by atoms with Crippen LogP contribution in [0.2, 0.25) is 0 Å². The van der Waals surface area contributed by atoms with Crippen molar-refractivity contribution in [2.24, 2.45) is 10.2 Å². The van der Waals surface area contributed by atoms with Crippen molar-refractivity contribution < 1.29 is 4.92 Å². The van der Waals surface area contributed by atoms with Gasteiger partial charge in [-0.1, -0.05) is 0 Å². The minimum absolute atomic E-state index is 0.317. The number of benzene rings is 1. The predicted molar refractivity (Wildman–Crippen MR) is 87.1 cm³/mol. The Hall–Kier alpha value is -3.01. The summed E-state index contributed by atoms with van der Waals surface area (Å²) in [7, 11) is 1.93. The van der Waals surface area contributed by atoms with Crippen molar-refractivity contribution in [2.45, 2.75) is 18.9 Å². The molecular formula is C16H17N5O2. The molecule has 1 aromatic rings. The van der Waals surface area contributed by atoms with Crippen molar-refractivity contribution in [1.82, 2.24) is 0 Å². The zero-order valence-corrected chi connectivity index (χ0v) is 12.8. The van der Waals surface area contributed by atoms with Crippen LogP contribution < -0.4 is 4.90 Å². The second-order valence-electron chi connectivity index (χ2n) is 5.12. The van der Waals surface area contributed by atoms with E-state index in [2.05, 4.69) is 16.3 Å². The van der Waals surface area contributed by atoms with Crippen LogP contribution in [0.1, 0.15) is 12.8 Å². The van der Waals surface area contributed by atoms with E-state index in [4.69, 9.17) is 5.26 Å². The summed E-state index contributed by atoms with van der Waals surface area (Å²) in [6, 6.07) is 8.96. The van der Waals surface area contributed by atoms with Gasteiger partial charge in [0.1, 0.15) is 0 Å². The first kappa shape index (κ1) is 16.4. The number of hydrogen-bond donors (Lipinski definition) is 0. The maximum atomic E-state index is 10.6. The largest absolute Gasteiger partial charge is 0.374 e. The Labute approximate surface area is 134 Å². The van der Waals surface area contributed by atoms with Gasteiger partial charge in [0.05, 0.1) is 23.9 Å². The van der Waals surface area contributed by atoms with Crippen LogP contribution in [0.5, 0.6) is 0 Å². The second-order valence-corrected chi connectivity index (χ2v) is 5.12. The monoisotopic (exact) mass is 311 g/mol. The predicted octanol–water partition coefficient (Wildman–Crippen LogP) is 3.61. The van der Waals surface area contributed by atoms with Gasteiger partial charge in [-0.25, -0.2) is 0 Å². The van der Waals surface area contributed by atoms with E-state index in [1.807, 2.05) is 36.2 Å². The third-order valence-electron chi connectivity index (χ3n) is 3.46. The molecule has 1 aromatic carbocycles.